The number of aliphatic hydroxyl groups excluding tert-OH is 1. The molecule has 0 spiro atoms. The summed E-state index contributed by atoms with van der Waals surface area (Å²) in [6, 6.07) is 17.4. The molecule has 1 atom stereocenters. The fourth-order valence-electron chi connectivity index (χ4n) is 2.43. The Morgan fingerprint density at radius 3 is 2.40 bits per heavy atom. The third-order valence-electron chi connectivity index (χ3n) is 3.94. The van der Waals surface area contributed by atoms with Crippen molar-refractivity contribution in [1.82, 2.24) is 5.32 Å². The maximum absolute atomic E-state index is 12.1. The van der Waals surface area contributed by atoms with Crippen LogP contribution in [0.3, 0.4) is 0 Å². The first kappa shape index (κ1) is 18.7. The zero-order valence-electron chi connectivity index (χ0n) is 14.4. The number of nitrogens with one attached hydrogen (secondary N) is 2. The van der Waals surface area contributed by atoms with Crippen molar-refractivity contribution >= 4 is 17.5 Å². The number of anilines is 1. The molecule has 2 amide bonds. The summed E-state index contributed by atoms with van der Waals surface area (Å²) in [6.07, 6.45) is 1.26. The molecule has 2 rings (SSSR count). The van der Waals surface area contributed by atoms with Gasteiger partial charge in [-0.05, 0) is 36.5 Å². The highest BCUT2D eigenvalue weighted by Crippen LogP contribution is 2.19. The highest BCUT2D eigenvalue weighted by Gasteiger charge is 2.15. The Kier molecular flexibility index (Phi) is 7.16. The van der Waals surface area contributed by atoms with Crippen LogP contribution in [0.5, 0.6) is 0 Å². The van der Waals surface area contributed by atoms with Gasteiger partial charge in [-0.1, -0.05) is 55.5 Å². The number of para-hydroxylation sites is 1. The third kappa shape index (κ3) is 6.04. The third-order valence-corrected chi connectivity index (χ3v) is 3.94. The minimum absolute atomic E-state index is 0.271. The van der Waals surface area contributed by atoms with E-state index >= 15 is 0 Å². The van der Waals surface area contributed by atoms with Crippen molar-refractivity contribution in [3.63, 3.8) is 0 Å². The molecule has 0 radical (unpaired) electrons. The first-order chi connectivity index (χ1) is 12.1. The molecule has 0 fully saturated rings. The summed E-state index contributed by atoms with van der Waals surface area (Å²) in [6.45, 7) is 2.13. The molecule has 0 aliphatic carbocycles. The number of benzene rings is 2. The Morgan fingerprint density at radius 1 is 1.00 bits per heavy atom. The second-order valence-electron chi connectivity index (χ2n) is 5.88. The van der Waals surface area contributed by atoms with E-state index in [1.165, 1.54) is 0 Å². The van der Waals surface area contributed by atoms with Gasteiger partial charge in [0.2, 0.25) is 0 Å². The van der Waals surface area contributed by atoms with E-state index in [0.717, 1.165) is 11.1 Å². The molecular weight excluding hydrogens is 316 g/mol. The van der Waals surface area contributed by atoms with Gasteiger partial charge in [0, 0.05) is 12.2 Å². The summed E-state index contributed by atoms with van der Waals surface area (Å²) in [5.74, 6) is -1.40. The van der Waals surface area contributed by atoms with Crippen LogP contribution in [-0.2, 0) is 16.0 Å². The van der Waals surface area contributed by atoms with E-state index in [2.05, 4.69) is 10.6 Å². The molecule has 0 bridgehead atoms. The molecule has 0 aliphatic heterocycles. The molecule has 2 aromatic carbocycles. The average Bonchev–Trinajstić information content (AvgIpc) is 2.63. The predicted molar refractivity (Wildman–Crippen MR) is 98.2 cm³/mol. The number of carbonyl (C=O) groups is 2. The zero-order valence-corrected chi connectivity index (χ0v) is 14.4. The van der Waals surface area contributed by atoms with E-state index in [1.807, 2.05) is 55.5 Å². The predicted octanol–water partition coefficient (Wildman–Crippen LogP) is 2.49. The van der Waals surface area contributed by atoms with E-state index in [0.29, 0.717) is 24.9 Å². The summed E-state index contributed by atoms with van der Waals surface area (Å²) in [5, 5.41) is 14.7. The van der Waals surface area contributed by atoms with E-state index < -0.39 is 17.9 Å². The maximum atomic E-state index is 12.1. The second-order valence-corrected chi connectivity index (χ2v) is 5.88. The Balaban J connectivity index is 1.95. The molecule has 25 heavy (non-hydrogen) atoms. The summed E-state index contributed by atoms with van der Waals surface area (Å²) < 4.78 is 0. The van der Waals surface area contributed by atoms with Crippen molar-refractivity contribution < 1.29 is 14.7 Å². The second kappa shape index (κ2) is 9.59. The summed E-state index contributed by atoms with van der Waals surface area (Å²) in [5.41, 5.74) is 2.69. The lowest BCUT2D eigenvalue weighted by Gasteiger charge is -2.12. The van der Waals surface area contributed by atoms with Gasteiger partial charge in [-0.15, -0.1) is 0 Å². The number of hydrogen-bond donors (Lipinski definition) is 3. The summed E-state index contributed by atoms with van der Waals surface area (Å²) in [7, 11) is 0. The molecule has 3 N–H and O–H groups in total. The summed E-state index contributed by atoms with van der Waals surface area (Å²) >= 11 is 0. The molecule has 0 aliphatic rings. The largest absolute Gasteiger partial charge is 0.393 e. The molecule has 0 heterocycles. The summed E-state index contributed by atoms with van der Waals surface area (Å²) in [4.78, 5) is 24.0. The fourth-order valence-corrected chi connectivity index (χ4v) is 2.43. The Bertz CT molecular complexity index is 701. The van der Waals surface area contributed by atoms with Crippen LogP contribution in [0.1, 0.15) is 30.9 Å². The Morgan fingerprint density at radius 2 is 1.68 bits per heavy atom. The zero-order chi connectivity index (χ0) is 18.1. The fraction of sp³-hybridized carbons (Fsp3) is 0.300. The van der Waals surface area contributed by atoms with Gasteiger partial charge in [-0.3, -0.25) is 9.59 Å². The lowest BCUT2D eigenvalue weighted by molar-refractivity contribution is -0.136. The normalized spacial score (nSPS) is 11.6. The van der Waals surface area contributed by atoms with Gasteiger partial charge in [-0.2, -0.15) is 0 Å². The van der Waals surface area contributed by atoms with Crippen molar-refractivity contribution in [1.29, 1.82) is 0 Å². The van der Waals surface area contributed by atoms with Crippen molar-refractivity contribution in [2.45, 2.75) is 32.3 Å². The smallest absolute Gasteiger partial charge is 0.313 e. The lowest BCUT2D eigenvalue weighted by Crippen LogP contribution is -2.37. The first-order valence-corrected chi connectivity index (χ1v) is 8.49. The van der Waals surface area contributed by atoms with Gasteiger partial charge in [0.1, 0.15) is 0 Å². The van der Waals surface area contributed by atoms with Crippen LogP contribution < -0.4 is 10.6 Å². The Hall–Kier alpha value is -2.66. The van der Waals surface area contributed by atoms with Crippen LogP contribution in [-0.4, -0.2) is 29.6 Å². The number of rotatable bonds is 7. The minimum Gasteiger partial charge on any atom is -0.393 e. The number of aliphatic hydroxyl groups is 1. The van der Waals surface area contributed by atoms with Gasteiger partial charge >= 0.3 is 11.8 Å². The monoisotopic (exact) mass is 340 g/mol. The van der Waals surface area contributed by atoms with E-state index in [9.17, 15) is 14.7 Å². The van der Waals surface area contributed by atoms with Crippen molar-refractivity contribution in [2.24, 2.45) is 0 Å². The Labute approximate surface area is 148 Å². The van der Waals surface area contributed by atoms with Crippen molar-refractivity contribution in [3.8, 4) is 0 Å². The molecule has 0 saturated heterocycles. The van der Waals surface area contributed by atoms with Gasteiger partial charge in [0.25, 0.3) is 0 Å². The van der Waals surface area contributed by atoms with Gasteiger partial charge in [-0.25, -0.2) is 0 Å². The first-order valence-electron chi connectivity index (χ1n) is 8.49. The molecule has 5 heteroatoms. The van der Waals surface area contributed by atoms with Crippen molar-refractivity contribution in [2.75, 3.05) is 11.9 Å². The molecule has 2 aromatic rings. The lowest BCUT2D eigenvalue weighted by atomic mass is 10.0. The average molecular weight is 340 g/mol. The molecular formula is C20H24N2O3. The molecule has 5 nitrogen and oxygen atoms in total. The highest BCUT2D eigenvalue weighted by atomic mass is 16.3. The number of amides is 2. The van der Waals surface area contributed by atoms with Crippen molar-refractivity contribution in [3.05, 3.63) is 65.7 Å². The van der Waals surface area contributed by atoms with E-state index in [4.69, 9.17) is 0 Å². The standard InChI is InChI=1S/C20H24N2O3/c1-2-17(23)12-13-21-19(24)20(25)22-18-11-7-6-10-16(18)14-15-8-4-3-5-9-15/h3-11,17,23H,2,12-14H2,1H3,(H,21,24)(H,22,25). The van der Waals surface area contributed by atoms with Crippen LogP contribution in [0, 0.1) is 0 Å². The van der Waals surface area contributed by atoms with Gasteiger partial charge in [0.15, 0.2) is 0 Å². The van der Waals surface area contributed by atoms with Crippen LogP contribution in [0.4, 0.5) is 5.69 Å². The number of carbonyl (C=O) groups excluding carboxylic acids is 2. The van der Waals surface area contributed by atoms with Crippen LogP contribution in [0.25, 0.3) is 0 Å². The number of hydrogen-bond acceptors (Lipinski definition) is 3. The highest BCUT2D eigenvalue weighted by molar-refractivity contribution is 6.39. The van der Waals surface area contributed by atoms with Gasteiger partial charge < -0.3 is 15.7 Å². The molecule has 0 saturated carbocycles. The van der Waals surface area contributed by atoms with Gasteiger partial charge in [0.05, 0.1) is 6.10 Å². The van der Waals surface area contributed by atoms with Crippen LogP contribution >= 0.6 is 0 Å². The molecule has 1 unspecified atom stereocenters. The van der Waals surface area contributed by atoms with E-state index in [1.54, 1.807) is 6.07 Å². The van der Waals surface area contributed by atoms with E-state index in [-0.39, 0.29) is 6.54 Å². The topological polar surface area (TPSA) is 78.4 Å². The van der Waals surface area contributed by atoms with Crippen LogP contribution in [0.15, 0.2) is 54.6 Å². The quantitative estimate of drug-likeness (QED) is 0.678. The minimum atomic E-state index is -0.702. The SMILES string of the molecule is CCC(O)CCNC(=O)C(=O)Nc1ccccc1Cc1ccccc1. The molecule has 0 aromatic heterocycles. The van der Waals surface area contributed by atoms with Crippen LogP contribution in [0.2, 0.25) is 0 Å². The maximum Gasteiger partial charge on any atom is 0.313 e. The molecule has 132 valence electrons.